The number of nitrogens with zero attached hydrogens (tertiary/aromatic N) is 5. The quantitative estimate of drug-likeness (QED) is 0.203. The molecule has 11 heteroatoms. The van der Waals surface area contributed by atoms with Crippen LogP contribution in [0.1, 0.15) is 30.4 Å². The molecule has 2 N–H and O–H groups in total. The summed E-state index contributed by atoms with van der Waals surface area (Å²) in [5.74, 6) is 1.43. The van der Waals surface area contributed by atoms with Gasteiger partial charge in [0.25, 0.3) is 0 Å². The fourth-order valence-electron chi connectivity index (χ4n) is 3.32. The lowest BCUT2D eigenvalue weighted by Gasteiger charge is -2.12. The van der Waals surface area contributed by atoms with Crippen LogP contribution < -0.4 is 10.6 Å². The van der Waals surface area contributed by atoms with Crippen molar-refractivity contribution in [3.8, 4) is 0 Å². The summed E-state index contributed by atoms with van der Waals surface area (Å²) in [5, 5.41) is 9.76. The predicted molar refractivity (Wildman–Crippen MR) is 126 cm³/mol. The SMILES string of the molecule is CCNC(=NCc1cn(C)nc1C(F)(F)F)NCCCn1c(C)nc2ccccc21.I. The van der Waals surface area contributed by atoms with Gasteiger partial charge in [-0.25, -0.2) is 9.98 Å². The number of benzene rings is 1. The number of alkyl halides is 3. The molecule has 0 aliphatic carbocycles. The van der Waals surface area contributed by atoms with E-state index in [2.05, 4.69) is 30.3 Å². The topological polar surface area (TPSA) is 72.1 Å². The highest BCUT2D eigenvalue weighted by Gasteiger charge is 2.36. The Hall–Kier alpha value is -2.31. The molecule has 2 aromatic heterocycles. The van der Waals surface area contributed by atoms with Gasteiger partial charge in [0.1, 0.15) is 5.82 Å². The summed E-state index contributed by atoms with van der Waals surface area (Å²) in [5.41, 5.74) is 1.21. The first kappa shape index (κ1) is 25.0. The maximum Gasteiger partial charge on any atom is 0.435 e. The molecule has 170 valence electrons. The normalized spacial score (nSPS) is 12.1. The van der Waals surface area contributed by atoms with Crippen LogP contribution in [0.2, 0.25) is 0 Å². The molecule has 2 heterocycles. The minimum Gasteiger partial charge on any atom is -0.357 e. The third-order valence-corrected chi connectivity index (χ3v) is 4.62. The molecule has 0 saturated carbocycles. The second-order valence-electron chi connectivity index (χ2n) is 6.95. The van der Waals surface area contributed by atoms with Crippen molar-refractivity contribution in [1.29, 1.82) is 0 Å². The monoisotopic (exact) mass is 549 g/mol. The third-order valence-electron chi connectivity index (χ3n) is 4.62. The summed E-state index contributed by atoms with van der Waals surface area (Å²) < 4.78 is 42.6. The Morgan fingerprint density at radius 1 is 1.19 bits per heavy atom. The molecule has 0 aliphatic heterocycles. The largest absolute Gasteiger partial charge is 0.435 e. The van der Waals surface area contributed by atoms with E-state index >= 15 is 0 Å². The number of rotatable bonds is 7. The number of imidazole rings is 1. The predicted octanol–water partition coefficient (Wildman–Crippen LogP) is 3.86. The van der Waals surface area contributed by atoms with E-state index < -0.39 is 11.9 Å². The van der Waals surface area contributed by atoms with Crippen molar-refractivity contribution in [3.63, 3.8) is 0 Å². The van der Waals surface area contributed by atoms with E-state index in [1.165, 1.54) is 13.2 Å². The first-order valence-corrected chi connectivity index (χ1v) is 9.83. The molecule has 0 saturated heterocycles. The van der Waals surface area contributed by atoms with Crippen LogP contribution in [0.4, 0.5) is 13.2 Å². The van der Waals surface area contributed by atoms with Gasteiger partial charge in [-0.15, -0.1) is 24.0 Å². The Labute approximate surface area is 196 Å². The molecule has 0 atom stereocenters. The first-order valence-electron chi connectivity index (χ1n) is 9.83. The molecule has 0 fully saturated rings. The Morgan fingerprint density at radius 3 is 2.65 bits per heavy atom. The molecule has 1 aromatic carbocycles. The standard InChI is InChI=1S/C20H26F3N7.HI/c1-4-24-19(26-12-15-13-29(3)28-18(15)20(21,22)23)25-10-7-11-30-14(2)27-16-8-5-6-9-17(16)30;/h5-6,8-9,13H,4,7,10-12H2,1-3H3,(H2,24,25,26);1H. The lowest BCUT2D eigenvalue weighted by Crippen LogP contribution is -2.38. The van der Waals surface area contributed by atoms with Crippen LogP contribution in [0, 0.1) is 6.92 Å². The van der Waals surface area contributed by atoms with Crippen LogP contribution in [-0.4, -0.2) is 38.4 Å². The van der Waals surface area contributed by atoms with E-state index in [0.717, 1.165) is 34.5 Å². The first-order chi connectivity index (χ1) is 14.3. The average molecular weight is 549 g/mol. The van der Waals surface area contributed by atoms with Gasteiger partial charge in [-0.1, -0.05) is 12.1 Å². The number of para-hydroxylation sites is 2. The molecular formula is C20H27F3IN7. The number of fused-ring (bicyclic) bond motifs is 1. The fourth-order valence-corrected chi connectivity index (χ4v) is 3.32. The Balaban J connectivity index is 0.00000341. The molecule has 3 rings (SSSR count). The van der Waals surface area contributed by atoms with Crippen molar-refractivity contribution in [1.82, 2.24) is 30.0 Å². The number of halogens is 4. The van der Waals surface area contributed by atoms with E-state index in [1.807, 2.05) is 38.1 Å². The minimum absolute atomic E-state index is 0. The average Bonchev–Trinajstić information content (AvgIpc) is 3.22. The molecule has 0 spiro atoms. The van der Waals surface area contributed by atoms with Crippen molar-refractivity contribution < 1.29 is 13.2 Å². The van der Waals surface area contributed by atoms with Gasteiger partial charge in [0.2, 0.25) is 0 Å². The van der Waals surface area contributed by atoms with Crippen LogP contribution in [0.15, 0.2) is 35.5 Å². The van der Waals surface area contributed by atoms with Crippen LogP contribution in [-0.2, 0) is 26.3 Å². The zero-order valence-electron chi connectivity index (χ0n) is 17.7. The molecule has 0 amide bonds. The summed E-state index contributed by atoms with van der Waals surface area (Å²) in [4.78, 5) is 8.85. The van der Waals surface area contributed by atoms with Gasteiger partial charge in [0, 0.05) is 38.4 Å². The Morgan fingerprint density at radius 2 is 1.94 bits per heavy atom. The van der Waals surface area contributed by atoms with Gasteiger partial charge in [-0.3, -0.25) is 4.68 Å². The molecule has 0 bridgehead atoms. The molecule has 7 nitrogen and oxygen atoms in total. The second kappa shape index (κ2) is 10.8. The van der Waals surface area contributed by atoms with Gasteiger partial charge in [-0.05, 0) is 32.4 Å². The number of nitrogens with one attached hydrogen (secondary N) is 2. The summed E-state index contributed by atoms with van der Waals surface area (Å²) in [6.07, 6.45) is -2.33. The van der Waals surface area contributed by atoms with Gasteiger partial charge >= 0.3 is 6.18 Å². The summed E-state index contributed by atoms with van der Waals surface area (Å²) >= 11 is 0. The number of hydrogen-bond acceptors (Lipinski definition) is 3. The molecule has 0 unspecified atom stereocenters. The zero-order chi connectivity index (χ0) is 21.7. The van der Waals surface area contributed by atoms with E-state index in [9.17, 15) is 13.2 Å². The number of guanidine groups is 1. The van der Waals surface area contributed by atoms with E-state index in [4.69, 9.17) is 0 Å². The summed E-state index contributed by atoms with van der Waals surface area (Å²) in [7, 11) is 1.47. The Bertz CT molecular complexity index is 1020. The highest BCUT2D eigenvalue weighted by molar-refractivity contribution is 14.0. The van der Waals surface area contributed by atoms with E-state index in [1.54, 1.807) is 0 Å². The van der Waals surface area contributed by atoms with Gasteiger partial charge in [0.05, 0.1) is 17.6 Å². The van der Waals surface area contributed by atoms with Crippen molar-refractivity contribution in [2.24, 2.45) is 12.0 Å². The minimum atomic E-state index is -4.50. The van der Waals surface area contributed by atoms with Crippen LogP contribution >= 0.6 is 24.0 Å². The number of aliphatic imine (C=N–C) groups is 1. The van der Waals surface area contributed by atoms with Crippen molar-refractivity contribution in [2.45, 2.75) is 39.5 Å². The fraction of sp³-hybridized carbons (Fsp3) is 0.450. The number of aryl methyl sites for hydroxylation is 3. The van der Waals surface area contributed by atoms with Gasteiger partial charge in [0.15, 0.2) is 11.7 Å². The summed E-state index contributed by atoms with van der Waals surface area (Å²) in [6.45, 7) is 5.78. The van der Waals surface area contributed by atoms with Crippen molar-refractivity contribution in [3.05, 3.63) is 47.5 Å². The smallest absolute Gasteiger partial charge is 0.357 e. The molecule has 31 heavy (non-hydrogen) atoms. The van der Waals surface area contributed by atoms with Gasteiger partial charge in [-0.2, -0.15) is 18.3 Å². The van der Waals surface area contributed by atoms with Crippen molar-refractivity contribution in [2.75, 3.05) is 13.1 Å². The van der Waals surface area contributed by atoms with Crippen LogP contribution in [0.25, 0.3) is 11.0 Å². The highest BCUT2D eigenvalue weighted by Crippen LogP contribution is 2.30. The summed E-state index contributed by atoms with van der Waals surface area (Å²) in [6, 6.07) is 7.98. The Kier molecular flexibility index (Phi) is 8.71. The van der Waals surface area contributed by atoms with Gasteiger partial charge < -0.3 is 15.2 Å². The second-order valence-corrected chi connectivity index (χ2v) is 6.95. The van der Waals surface area contributed by atoms with Crippen LogP contribution in [0.5, 0.6) is 0 Å². The van der Waals surface area contributed by atoms with E-state index in [0.29, 0.717) is 19.0 Å². The lowest BCUT2D eigenvalue weighted by atomic mass is 10.2. The lowest BCUT2D eigenvalue weighted by molar-refractivity contribution is -0.142. The third kappa shape index (κ3) is 6.34. The molecule has 0 radical (unpaired) electrons. The zero-order valence-corrected chi connectivity index (χ0v) is 20.0. The van der Waals surface area contributed by atoms with E-state index in [-0.39, 0.29) is 36.1 Å². The number of hydrogen-bond donors (Lipinski definition) is 2. The molecule has 0 aliphatic rings. The molecular weight excluding hydrogens is 522 g/mol. The van der Waals surface area contributed by atoms with Crippen molar-refractivity contribution >= 4 is 41.0 Å². The number of aromatic nitrogens is 4. The maximum absolute atomic E-state index is 13.1. The van der Waals surface area contributed by atoms with Crippen LogP contribution in [0.3, 0.4) is 0 Å². The highest BCUT2D eigenvalue weighted by atomic mass is 127. The molecule has 3 aromatic rings. The maximum atomic E-state index is 13.1.